The van der Waals surface area contributed by atoms with E-state index in [1.165, 1.54) is 0 Å². The molecule has 1 fully saturated rings. The third-order valence-electron chi connectivity index (χ3n) is 2.60. The molecule has 2 aliphatic rings. The molecule has 1 aliphatic heterocycles. The summed E-state index contributed by atoms with van der Waals surface area (Å²) in [6, 6.07) is 0.353. The Labute approximate surface area is 96.9 Å². The van der Waals surface area contributed by atoms with Crippen LogP contribution in [0.5, 0.6) is 5.88 Å². The van der Waals surface area contributed by atoms with Crippen LogP contribution in [0.3, 0.4) is 0 Å². The van der Waals surface area contributed by atoms with Gasteiger partial charge in [-0.3, -0.25) is 4.57 Å². The van der Waals surface area contributed by atoms with E-state index in [0.29, 0.717) is 22.3 Å². The Morgan fingerprint density at radius 1 is 1.44 bits per heavy atom. The van der Waals surface area contributed by atoms with E-state index in [-0.39, 0.29) is 5.88 Å². The van der Waals surface area contributed by atoms with E-state index in [9.17, 15) is 5.11 Å². The van der Waals surface area contributed by atoms with Gasteiger partial charge in [0.15, 0.2) is 10.6 Å². The average Bonchev–Trinajstić information content (AvgIpc) is 2.86. The van der Waals surface area contributed by atoms with Gasteiger partial charge in [0.1, 0.15) is 5.69 Å². The van der Waals surface area contributed by atoms with Gasteiger partial charge in [-0.1, -0.05) is 0 Å². The van der Waals surface area contributed by atoms with Crippen molar-refractivity contribution in [1.29, 1.82) is 0 Å². The van der Waals surface area contributed by atoms with Crippen molar-refractivity contribution in [3.05, 3.63) is 16.3 Å². The van der Waals surface area contributed by atoms with Crippen molar-refractivity contribution >= 4 is 30.7 Å². The van der Waals surface area contributed by atoms with Gasteiger partial charge in [-0.15, -0.1) is 0 Å². The molecule has 3 rings (SSSR count). The average molecular weight is 234 g/mol. The summed E-state index contributed by atoms with van der Waals surface area (Å²) < 4.78 is 2.31. The van der Waals surface area contributed by atoms with Crippen LogP contribution in [-0.4, -0.2) is 27.1 Å². The van der Waals surface area contributed by atoms with Gasteiger partial charge in [-0.25, -0.2) is 9.98 Å². The van der Waals surface area contributed by atoms with E-state index in [1.54, 1.807) is 23.1 Å². The molecular weight excluding hydrogens is 224 g/mol. The number of aliphatic imine (C=N–C) groups is 2. The van der Waals surface area contributed by atoms with Crippen LogP contribution in [-0.2, 0) is 0 Å². The van der Waals surface area contributed by atoms with Crippen molar-refractivity contribution < 1.29 is 5.11 Å². The zero-order chi connectivity index (χ0) is 11.1. The molecule has 0 spiro atoms. The zero-order valence-electron chi connectivity index (χ0n) is 8.42. The summed E-state index contributed by atoms with van der Waals surface area (Å²) in [5.41, 5.74) is 0.572. The van der Waals surface area contributed by atoms with Crippen molar-refractivity contribution in [2.45, 2.75) is 18.9 Å². The lowest BCUT2D eigenvalue weighted by atomic mass is 10.4. The smallest absolute Gasteiger partial charge is 0.218 e. The minimum absolute atomic E-state index is 0.178. The number of aromatic hydroxyl groups is 1. The van der Waals surface area contributed by atoms with Crippen LogP contribution in [0.1, 0.15) is 24.6 Å². The van der Waals surface area contributed by atoms with Gasteiger partial charge in [-0.2, -0.15) is 0 Å². The molecule has 16 heavy (non-hydrogen) atoms. The van der Waals surface area contributed by atoms with E-state index in [4.69, 9.17) is 12.2 Å². The molecule has 2 N–H and O–H groups in total. The van der Waals surface area contributed by atoms with E-state index in [0.717, 1.165) is 12.8 Å². The molecule has 0 amide bonds. The lowest BCUT2D eigenvalue weighted by Gasteiger charge is -1.99. The summed E-state index contributed by atoms with van der Waals surface area (Å²) in [5, 5.41) is 10.00. The monoisotopic (exact) mass is 234 g/mol. The number of nitrogens with zero attached hydrogens (tertiary/aromatic N) is 3. The molecule has 0 bridgehead atoms. The number of rotatable bonds is 2. The minimum Gasteiger partial charge on any atom is -0.493 e. The van der Waals surface area contributed by atoms with Gasteiger partial charge in [0.25, 0.3) is 0 Å². The van der Waals surface area contributed by atoms with Gasteiger partial charge in [-0.05, 0) is 25.1 Å². The van der Waals surface area contributed by atoms with Crippen molar-refractivity contribution in [1.82, 2.24) is 9.55 Å². The summed E-state index contributed by atoms with van der Waals surface area (Å²) in [7, 11) is 0. The van der Waals surface area contributed by atoms with Crippen molar-refractivity contribution in [2.24, 2.45) is 9.98 Å². The highest BCUT2D eigenvalue weighted by Gasteiger charge is 2.28. The van der Waals surface area contributed by atoms with Crippen molar-refractivity contribution in [3.8, 4) is 5.88 Å². The lowest BCUT2D eigenvalue weighted by Crippen LogP contribution is -1.91. The van der Waals surface area contributed by atoms with Crippen LogP contribution in [0.4, 0.5) is 0 Å². The molecule has 2 heterocycles. The van der Waals surface area contributed by atoms with Crippen molar-refractivity contribution in [2.75, 3.05) is 0 Å². The molecule has 1 aromatic rings. The highest BCUT2D eigenvalue weighted by atomic mass is 32.1. The summed E-state index contributed by atoms with van der Waals surface area (Å²) >= 11 is 5.16. The summed E-state index contributed by atoms with van der Waals surface area (Å²) in [5.74, 6) is 0.742. The Morgan fingerprint density at radius 2 is 2.12 bits per heavy atom. The van der Waals surface area contributed by atoms with E-state index < -0.39 is 0 Å². The SMILES string of the molecule is Oc1c(C=C2N=CC=N2)[nH]c(=S)n1C1CC1. The maximum atomic E-state index is 10.00. The molecule has 0 atom stereocenters. The molecule has 0 radical (unpaired) electrons. The topological polar surface area (TPSA) is 65.7 Å². The molecular formula is C10H10N4OS. The number of aromatic nitrogens is 2. The molecule has 1 aromatic heterocycles. The Hall–Kier alpha value is -1.69. The molecule has 0 saturated heterocycles. The number of nitrogens with one attached hydrogen (secondary N) is 1. The number of hydrogen-bond acceptors (Lipinski definition) is 4. The molecule has 0 unspecified atom stereocenters. The number of hydrogen-bond donors (Lipinski definition) is 2. The normalized spacial score (nSPS) is 18.4. The van der Waals surface area contributed by atoms with Crippen LogP contribution in [0.2, 0.25) is 0 Å². The molecule has 82 valence electrons. The predicted octanol–water partition coefficient (Wildman–Crippen LogP) is 2.04. The first-order chi connectivity index (χ1) is 7.75. The maximum absolute atomic E-state index is 10.00. The first-order valence-electron chi connectivity index (χ1n) is 5.07. The van der Waals surface area contributed by atoms with Gasteiger partial charge in [0.2, 0.25) is 5.88 Å². The van der Waals surface area contributed by atoms with Crippen LogP contribution in [0.25, 0.3) is 6.08 Å². The van der Waals surface area contributed by atoms with E-state index in [1.807, 2.05) is 0 Å². The predicted molar refractivity (Wildman–Crippen MR) is 64.5 cm³/mol. The fourth-order valence-electron chi connectivity index (χ4n) is 1.69. The maximum Gasteiger partial charge on any atom is 0.218 e. The minimum atomic E-state index is 0.178. The number of imidazole rings is 1. The van der Waals surface area contributed by atoms with Crippen LogP contribution in [0, 0.1) is 4.77 Å². The first-order valence-corrected chi connectivity index (χ1v) is 5.48. The Kier molecular flexibility index (Phi) is 2.03. The second kappa shape index (κ2) is 3.41. The summed E-state index contributed by atoms with van der Waals surface area (Å²) in [6.45, 7) is 0. The quantitative estimate of drug-likeness (QED) is 0.769. The van der Waals surface area contributed by atoms with Crippen molar-refractivity contribution in [3.63, 3.8) is 0 Å². The molecule has 6 heteroatoms. The van der Waals surface area contributed by atoms with Crippen LogP contribution in [0.15, 0.2) is 15.8 Å². The summed E-state index contributed by atoms with van der Waals surface area (Å²) in [4.78, 5) is 11.0. The molecule has 1 aliphatic carbocycles. The zero-order valence-corrected chi connectivity index (χ0v) is 9.24. The third-order valence-corrected chi connectivity index (χ3v) is 2.89. The fraction of sp³-hybridized carbons (Fsp3) is 0.300. The second-order valence-electron chi connectivity index (χ2n) is 3.83. The number of H-pyrrole nitrogens is 1. The van der Waals surface area contributed by atoms with Gasteiger partial charge in [0.05, 0.1) is 0 Å². The Morgan fingerprint density at radius 3 is 2.75 bits per heavy atom. The highest BCUT2D eigenvalue weighted by Crippen LogP contribution is 2.39. The Balaban J connectivity index is 2.05. The third kappa shape index (κ3) is 1.51. The van der Waals surface area contributed by atoms with Gasteiger partial charge in [0, 0.05) is 24.5 Å². The lowest BCUT2D eigenvalue weighted by molar-refractivity contribution is 0.416. The Bertz CT molecular complexity index is 560. The second-order valence-corrected chi connectivity index (χ2v) is 4.21. The largest absolute Gasteiger partial charge is 0.493 e. The molecule has 5 nitrogen and oxygen atoms in total. The standard InChI is InChI=1S/C10H10N4OS/c15-9-7(5-8-11-3-4-12-8)13-10(16)14(9)6-1-2-6/h3-6,15H,1-2H2,(H,13,16). The van der Waals surface area contributed by atoms with Gasteiger partial charge >= 0.3 is 0 Å². The van der Waals surface area contributed by atoms with Crippen LogP contribution < -0.4 is 0 Å². The van der Waals surface area contributed by atoms with E-state index >= 15 is 0 Å². The first kappa shape index (κ1) is 9.53. The van der Waals surface area contributed by atoms with Crippen LogP contribution >= 0.6 is 12.2 Å². The number of aromatic amines is 1. The van der Waals surface area contributed by atoms with E-state index in [2.05, 4.69) is 15.0 Å². The molecule has 1 saturated carbocycles. The van der Waals surface area contributed by atoms with Gasteiger partial charge < -0.3 is 10.1 Å². The molecule has 0 aromatic carbocycles. The fourth-order valence-corrected chi connectivity index (χ4v) is 2.03. The summed E-state index contributed by atoms with van der Waals surface area (Å²) in [6.07, 6.45) is 7.05. The highest BCUT2D eigenvalue weighted by molar-refractivity contribution is 7.71.